The molecule has 0 saturated heterocycles. The topological polar surface area (TPSA) is 110 Å². The summed E-state index contributed by atoms with van der Waals surface area (Å²) in [5, 5.41) is 2.89. The maximum atomic E-state index is 12.9. The van der Waals surface area contributed by atoms with Gasteiger partial charge < -0.3 is 21.7 Å². The molecule has 1 aliphatic heterocycles. The van der Waals surface area contributed by atoms with Gasteiger partial charge in [0.25, 0.3) is 0 Å². The van der Waals surface area contributed by atoms with Crippen molar-refractivity contribution < 1.29 is 18.0 Å². The van der Waals surface area contributed by atoms with Crippen LogP contribution in [0.15, 0.2) is 18.2 Å². The van der Waals surface area contributed by atoms with E-state index in [0.29, 0.717) is 22.6 Å². The van der Waals surface area contributed by atoms with Gasteiger partial charge in [0.15, 0.2) is 0 Å². The first-order valence-corrected chi connectivity index (χ1v) is 7.81. The molecule has 2 amide bonds. The Balaban J connectivity index is 1.84. The third kappa shape index (κ3) is 3.74. The normalized spacial score (nSPS) is 13.6. The van der Waals surface area contributed by atoms with Crippen molar-refractivity contribution in [3.05, 3.63) is 45.9 Å². The molecule has 0 bridgehead atoms. The van der Waals surface area contributed by atoms with Crippen LogP contribution in [0.1, 0.15) is 22.4 Å². The van der Waals surface area contributed by atoms with Crippen LogP contribution in [0.3, 0.4) is 0 Å². The minimum absolute atomic E-state index is 0.00229. The summed E-state index contributed by atoms with van der Waals surface area (Å²) >= 11 is 5.88. The van der Waals surface area contributed by atoms with E-state index in [1.165, 1.54) is 11.0 Å². The fourth-order valence-corrected chi connectivity index (χ4v) is 2.88. The molecule has 0 aliphatic carbocycles. The van der Waals surface area contributed by atoms with Crippen molar-refractivity contribution in [2.45, 2.75) is 25.8 Å². The number of carbonyl (C=O) groups is 1. The third-order valence-corrected chi connectivity index (χ3v) is 4.04. The van der Waals surface area contributed by atoms with Crippen molar-refractivity contribution >= 4 is 29.1 Å². The fourth-order valence-electron chi connectivity index (χ4n) is 2.70. The van der Waals surface area contributed by atoms with Crippen molar-refractivity contribution in [2.75, 3.05) is 11.1 Å². The summed E-state index contributed by atoms with van der Waals surface area (Å²) in [5.74, 6) is 0.333. The zero-order chi connectivity index (χ0) is 19.1. The van der Waals surface area contributed by atoms with Crippen molar-refractivity contribution in [1.82, 2.24) is 14.9 Å². The van der Waals surface area contributed by atoms with Crippen LogP contribution in [0.4, 0.5) is 29.5 Å². The number of alkyl halides is 3. The Morgan fingerprint density at radius 2 is 2.00 bits per heavy atom. The fraction of sp³-hybridized carbons (Fsp3) is 0.267. The summed E-state index contributed by atoms with van der Waals surface area (Å²) < 4.78 is 38.7. The minimum Gasteiger partial charge on any atom is -0.399 e. The predicted molar refractivity (Wildman–Crippen MR) is 89.1 cm³/mol. The lowest BCUT2D eigenvalue weighted by molar-refractivity contribution is -0.137. The molecule has 3 rings (SSSR count). The van der Waals surface area contributed by atoms with Gasteiger partial charge in [-0.2, -0.15) is 13.2 Å². The SMILES string of the molecule is NC(=O)N1Cc2nc(Cl)nc(NCc3cc(N)cc(C(F)(F)F)c3)c2C1. The number of anilines is 2. The smallest absolute Gasteiger partial charge is 0.399 e. The second-order valence-corrected chi connectivity index (χ2v) is 6.11. The second kappa shape index (κ2) is 6.52. The van der Waals surface area contributed by atoms with E-state index in [2.05, 4.69) is 15.3 Å². The Morgan fingerprint density at radius 1 is 1.27 bits per heavy atom. The Labute approximate surface area is 151 Å². The number of nitrogens with one attached hydrogen (secondary N) is 1. The van der Waals surface area contributed by atoms with Gasteiger partial charge in [-0.1, -0.05) is 0 Å². The highest BCUT2D eigenvalue weighted by Gasteiger charge is 2.31. The molecule has 0 spiro atoms. The number of urea groups is 1. The van der Waals surface area contributed by atoms with Gasteiger partial charge in [-0.25, -0.2) is 14.8 Å². The molecule has 5 N–H and O–H groups in total. The highest BCUT2D eigenvalue weighted by Crippen LogP contribution is 2.32. The van der Waals surface area contributed by atoms with Gasteiger partial charge in [-0.05, 0) is 35.4 Å². The van der Waals surface area contributed by atoms with Gasteiger partial charge >= 0.3 is 12.2 Å². The lowest BCUT2D eigenvalue weighted by atomic mass is 10.1. The van der Waals surface area contributed by atoms with Gasteiger partial charge in [-0.3, -0.25) is 0 Å². The molecule has 2 heterocycles. The van der Waals surface area contributed by atoms with Gasteiger partial charge in [0.1, 0.15) is 5.82 Å². The number of halogens is 4. The zero-order valence-electron chi connectivity index (χ0n) is 13.3. The number of nitrogen functional groups attached to an aromatic ring is 1. The number of hydrogen-bond acceptors (Lipinski definition) is 5. The summed E-state index contributed by atoms with van der Waals surface area (Å²) in [6, 6.07) is 2.69. The molecule has 1 aromatic carbocycles. The van der Waals surface area contributed by atoms with E-state index in [1.807, 2.05) is 0 Å². The van der Waals surface area contributed by atoms with Crippen LogP contribution in [0.25, 0.3) is 0 Å². The van der Waals surface area contributed by atoms with Crippen LogP contribution in [0.5, 0.6) is 0 Å². The van der Waals surface area contributed by atoms with Crippen molar-refractivity contribution in [3.63, 3.8) is 0 Å². The Morgan fingerprint density at radius 3 is 2.65 bits per heavy atom. The number of fused-ring (bicyclic) bond motifs is 1. The maximum Gasteiger partial charge on any atom is 0.416 e. The molecule has 0 unspecified atom stereocenters. The van der Waals surface area contributed by atoms with Crippen molar-refractivity contribution in [2.24, 2.45) is 5.73 Å². The van der Waals surface area contributed by atoms with Crippen molar-refractivity contribution in [1.29, 1.82) is 0 Å². The number of aromatic nitrogens is 2. The molecule has 0 fully saturated rings. The van der Waals surface area contributed by atoms with Crippen LogP contribution in [0.2, 0.25) is 5.28 Å². The number of benzene rings is 1. The third-order valence-electron chi connectivity index (χ3n) is 3.87. The van der Waals surface area contributed by atoms with E-state index < -0.39 is 17.8 Å². The standard InChI is InChI=1S/C15H14ClF3N6O/c16-13-23-11-6-25(14(21)26)5-10(11)12(24-13)22-4-7-1-8(15(17,18)19)3-9(20)2-7/h1-3H,4-6,20H2,(H2,21,26)(H,22,23,24). The number of rotatable bonds is 3. The van der Waals surface area contributed by atoms with Gasteiger partial charge in [-0.15, -0.1) is 0 Å². The molecular formula is C15H14ClF3N6O. The van der Waals surface area contributed by atoms with E-state index in [1.54, 1.807) is 0 Å². The molecule has 0 saturated carbocycles. The van der Waals surface area contributed by atoms with E-state index >= 15 is 0 Å². The lowest BCUT2D eigenvalue weighted by Gasteiger charge is -2.13. The number of nitrogens with two attached hydrogens (primary N) is 2. The van der Waals surface area contributed by atoms with Gasteiger partial charge in [0, 0.05) is 17.8 Å². The number of hydrogen-bond donors (Lipinski definition) is 3. The first-order chi connectivity index (χ1) is 12.1. The lowest BCUT2D eigenvalue weighted by Crippen LogP contribution is -2.30. The van der Waals surface area contributed by atoms with E-state index in [-0.39, 0.29) is 30.6 Å². The van der Waals surface area contributed by atoms with Gasteiger partial charge in [0.2, 0.25) is 5.28 Å². The van der Waals surface area contributed by atoms with Crippen LogP contribution < -0.4 is 16.8 Å². The Kier molecular flexibility index (Phi) is 4.53. The number of nitrogens with zero attached hydrogens (tertiary/aromatic N) is 3. The first-order valence-electron chi connectivity index (χ1n) is 7.43. The average molecular weight is 387 g/mol. The largest absolute Gasteiger partial charge is 0.416 e. The first kappa shape index (κ1) is 18.1. The van der Waals surface area contributed by atoms with E-state index in [4.69, 9.17) is 23.1 Å². The Hall–Kier alpha value is -2.75. The molecule has 0 atom stereocenters. The van der Waals surface area contributed by atoms with Crippen LogP contribution in [-0.4, -0.2) is 20.9 Å². The Bertz CT molecular complexity index is 873. The molecule has 1 aliphatic rings. The molecular weight excluding hydrogens is 373 g/mol. The molecule has 26 heavy (non-hydrogen) atoms. The number of amides is 2. The summed E-state index contributed by atoms with van der Waals surface area (Å²) in [6.45, 7) is 0.414. The average Bonchev–Trinajstić information content (AvgIpc) is 2.95. The highest BCUT2D eigenvalue weighted by molar-refractivity contribution is 6.28. The number of primary amides is 1. The second-order valence-electron chi connectivity index (χ2n) is 5.78. The quantitative estimate of drug-likeness (QED) is 0.555. The summed E-state index contributed by atoms with van der Waals surface area (Å²) in [5.41, 5.74) is 11.5. The molecule has 1 aromatic heterocycles. The van der Waals surface area contributed by atoms with Gasteiger partial charge in [0.05, 0.1) is 24.3 Å². The van der Waals surface area contributed by atoms with Crippen molar-refractivity contribution in [3.8, 4) is 0 Å². The molecule has 2 aromatic rings. The van der Waals surface area contributed by atoms with E-state index in [0.717, 1.165) is 12.1 Å². The van der Waals surface area contributed by atoms with Crippen LogP contribution in [-0.2, 0) is 25.8 Å². The van der Waals surface area contributed by atoms with Crippen LogP contribution in [0, 0.1) is 0 Å². The summed E-state index contributed by atoms with van der Waals surface area (Å²) in [4.78, 5) is 20.8. The number of carbonyl (C=O) groups excluding carboxylic acids is 1. The summed E-state index contributed by atoms with van der Waals surface area (Å²) in [7, 11) is 0. The zero-order valence-corrected chi connectivity index (χ0v) is 14.0. The monoisotopic (exact) mass is 386 g/mol. The molecule has 0 radical (unpaired) electrons. The van der Waals surface area contributed by atoms with Crippen LogP contribution >= 0.6 is 11.6 Å². The minimum atomic E-state index is -4.49. The molecule has 7 nitrogen and oxygen atoms in total. The van der Waals surface area contributed by atoms with E-state index in [9.17, 15) is 18.0 Å². The maximum absolute atomic E-state index is 12.9. The molecule has 138 valence electrons. The highest BCUT2D eigenvalue weighted by atomic mass is 35.5. The summed E-state index contributed by atoms with van der Waals surface area (Å²) in [6.07, 6.45) is -4.49. The molecule has 11 heteroatoms. The predicted octanol–water partition coefficient (Wildman–Crippen LogP) is 2.74.